The number of carboxylic acid groups (broad SMARTS) is 1. The highest BCUT2D eigenvalue weighted by molar-refractivity contribution is 5.92. The molecule has 0 N–H and O–H groups in total. The molecule has 0 unspecified atom stereocenters. The van der Waals surface area contributed by atoms with Crippen LogP contribution >= 0.6 is 0 Å². The SMILES string of the molecule is CC1(C)[C@]2(C)CC[C@]1(C(=O)[O-])OC2=O. The summed E-state index contributed by atoms with van der Waals surface area (Å²) >= 11 is 0. The molecule has 1 aliphatic heterocycles. The molecule has 14 heavy (non-hydrogen) atoms. The highest BCUT2D eigenvalue weighted by Crippen LogP contribution is 2.65. The van der Waals surface area contributed by atoms with Crippen molar-refractivity contribution in [3.8, 4) is 0 Å². The minimum atomic E-state index is -1.40. The lowest BCUT2D eigenvalue weighted by Gasteiger charge is -2.37. The number of hydrogen-bond donors (Lipinski definition) is 0. The van der Waals surface area contributed by atoms with Crippen molar-refractivity contribution in [2.45, 2.75) is 39.2 Å². The van der Waals surface area contributed by atoms with Gasteiger partial charge in [-0.2, -0.15) is 0 Å². The molecule has 0 aromatic heterocycles. The maximum Gasteiger partial charge on any atom is 0.313 e. The van der Waals surface area contributed by atoms with E-state index in [1.807, 2.05) is 0 Å². The molecule has 4 heteroatoms. The van der Waals surface area contributed by atoms with E-state index in [-0.39, 0.29) is 0 Å². The molecule has 0 spiro atoms. The summed E-state index contributed by atoms with van der Waals surface area (Å²) in [5.41, 5.74) is -2.76. The van der Waals surface area contributed by atoms with E-state index in [0.717, 1.165) is 0 Å². The monoisotopic (exact) mass is 197 g/mol. The van der Waals surface area contributed by atoms with Crippen molar-refractivity contribution < 1.29 is 19.4 Å². The van der Waals surface area contributed by atoms with Crippen LogP contribution in [0.3, 0.4) is 0 Å². The molecule has 78 valence electrons. The molecule has 1 aliphatic carbocycles. The Morgan fingerprint density at radius 2 is 1.93 bits per heavy atom. The Morgan fingerprint density at radius 1 is 1.36 bits per heavy atom. The highest BCUT2D eigenvalue weighted by Gasteiger charge is 2.73. The van der Waals surface area contributed by atoms with Gasteiger partial charge in [0.2, 0.25) is 0 Å². The van der Waals surface area contributed by atoms with Gasteiger partial charge in [0.1, 0.15) is 0 Å². The Hall–Kier alpha value is -1.06. The molecule has 2 atom stereocenters. The topological polar surface area (TPSA) is 66.4 Å². The van der Waals surface area contributed by atoms with E-state index >= 15 is 0 Å². The number of ether oxygens (including phenoxy) is 1. The molecule has 2 aliphatic rings. The van der Waals surface area contributed by atoms with Crippen LogP contribution in [0.5, 0.6) is 0 Å². The minimum absolute atomic E-state index is 0.366. The fourth-order valence-electron chi connectivity index (χ4n) is 2.70. The highest BCUT2D eigenvalue weighted by atomic mass is 16.6. The second kappa shape index (κ2) is 2.12. The van der Waals surface area contributed by atoms with Gasteiger partial charge in [-0.15, -0.1) is 0 Å². The molecule has 2 bridgehead atoms. The average molecular weight is 197 g/mol. The smallest absolute Gasteiger partial charge is 0.313 e. The van der Waals surface area contributed by atoms with Crippen LogP contribution < -0.4 is 5.11 Å². The molecule has 2 fully saturated rings. The summed E-state index contributed by atoms with van der Waals surface area (Å²) in [5.74, 6) is -1.67. The Labute approximate surface area is 82.2 Å². The number of carbonyl (C=O) groups is 2. The number of hydrogen-bond acceptors (Lipinski definition) is 4. The Bertz CT molecular complexity index is 333. The Morgan fingerprint density at radius 3 is 2.14 bits per heavy atom. The van der Waals surface area contributed by atoms with Crippen molar-refractivity contribution in [2.24, 2.45) is 10.8 Å². The van der Waals surface area contributed by atoms with Crippen LogP contribution in [0.25, 0.3) is 0 Å². The summed E-state index contributed by atoms with van der Waals surface area (Å²) in [4.78, 5) is 22.7. The van der Waals surface area contributed by atoms with Crippen LogP contribution in [0.1, 0.15) is 33.6 Å². The summed E-state index contributed by atoms with van der Waals surface area (Å²) < 4.78 is 5.03. The van der Waals surface area contributed by atoms with Gasteiger partial charge >= 0.3 is 5.97 Å². The van der Waals surface area contributed by atoms with Crippen LogP contribution in [-0.4, -0.2) is 17.5 Å². The Kier molecular flexibility index (Phi) is 1.44. The summed E-state index contributed by atoms with van der Waals surface area (Å²) in [6.07, 6.45) is 0.928. The van der Waals surface area contributed by atoms with E-state index in [9.17, 15) is 14.7 Å². The molecule has 2 rings (SSSR count). The number of aliphatic carboxylic acids is 1. The first-order valence-electron chi connectivity index (χ1n) is 4.73. The predicted molar refractivity (Wildman–Crippen MR) is 45.0 cm³/mol. The molecule has 1 saturated carbocycles. The third kappa shape index (κ3) is 0.645. The van der Waals surface area contributed by atoms with E-state index in [1.54, 1.807) is 20.8 Å². The molecular weight excluding hydrogens is 184 g/mol. The number of rotatable bonds is 1. The first kappa shape index (κ1) is 9.49. The van der Waals surface area contributed by atoms with Gasteiger partial charge in [-0.05, 0) is 19.8 Å². The van der Waals surface area contributed by atoms with E-state index in [4.69, 9.17) is 4.74 Å². The Balaban J connectivity index is 2.60. The molecule has 1 saturated heterocycles. The normalized spacial score (nSPS) is 43.8. The summed E-state index contributed by atoms with van der Waals surface area (Å²) in [7, 11) is 0. The van der Waals surface area contributed by atoms with Crippen molar-refractivity contribution in [3.05, 3.63) is 0 Å². The van der Waals surface area contributed by atoms with Gasteiger partial charge in [0.15, 0.2) is 5.60 Å². The van der Waals surface area contributed by atoms with Crippen LogP contribution in [0.2, 0.25) is 0 Å². The second-order valence-electron chi connectivity index (χ2n) is 4.96. The van der Waals surface area contributed by atoms with Crippen molar-refractivity contribution in [1.29, 1.82) is 0 Å². The van der Waals surface area contributed by atoms with Crippen LogP contribution in [0.4, 0.5) is 0 Å². The van der Waals surface area contributed by atoms with Gasteiger partial charge in [-0.1, -0.05) is 13.8 Å². The average Bonchev–Trinajstić information content (AvgIpc) is 2.34. The van der Waals surface area contributed by atoms with E-state index in [2.05, 4.69) is 0 Å². The first-order chi connectivity index (χ1) is 6.28. The fraction of sp³-hybridized carbons (Fsp3) is 0.800. The van der Waals surface area contributed by atoms with Crippen molar-refractivity contribution in [1.82, 2.24) is 0 Å². The molecular formula is C10H13O4-. The van der Waals surface area contributed by atoms with Gasteiger partial charge in [0, 0.05) is 5.41 Å². The summed E-state index contributed by atoms with van der Waals surface area (Å²) in [6, 6.07) is 0. The van der Waals surface area contributed by atoms with E-state index in [1.165, 1.54) is 0 Å². The zero-order valence-corrected chi connectivity index (χ0v) is 8.55. The zero-order valence-electron chi connectivity index (χ0n) is 8.55. The lowest BCUT2D eigenvalue weighted by molar-refractivity contribution is -0.328. The number of esters is 1. The van der Waals surface area contributed by atoms with E-state index < -0.39 is 28.4 Å². The molecule has 0 amide bonds. The second-order valence-corrected chi connectivity index (χ2v) is 4.96. The number of carbonyl (C=O) groups excluding carboxylic acids is 2. The molecule has 1 heterocycles. The van der Waals surface area contributed by atoms with Crippen molar-refractivity contribution >= 4 is 11.9 Å². The van der Waals surface area contributed by atoms with E-state index in [0.29, 0.717) is 12.8 Å². The van der Waals surface area contributed by atoms with Crippen molar-refractivity contribution in [3.63, 3.8) is 0 Å². The van der Waals surface area contributed by atoms with Crippen LogP contribution in [-0.2, 0) is 14.3 Å². The quantitative estimate of drug-likeness (QED) is 0.549. The van der Waals surface area contributed by atoms with Gasteiger partial charge in [-0.25, -0.2) is 0 Å². The van der Waals surface area contributed by atoms with Gasteiger partial charge in [0.25, 0.3) is 0 Å². The third-order valence-corrected chi connectivity index (χ3v) is 4.41. The largest absolute Gasteiger partial charge is 0.546 e. The fourth-order valence-corrected chi connectivity index (χ4v) is 2.70. The van der Waals surface area contributed by atoms with Crippen LogP contribution in [0.15, 0.2) is 0 Å². The standard InChI is InChI=1S/C10H14O4/c1-8(2)9(3)4-5-10(8,6(11)12)14-7(9)13/h4-5H2,1-3H3,(H,11,12)/p-1/t9-,10-/m1/s1. The van der Waals surface area contributed by atoms with Crippen molar-refractivity contribution in [2.75, 3.05) is 0 Å². The van der Waals surface area contributed by atoms with Crippen LogP contribution in [0, 0.1) is 10.8 Å². The molecule has 0 aromatic rings. The maximum atomic E-state index is 11.6. The summed E-state index contributed by atoms with van der Waals surface area (Å²) in [5, 5.41) is 11.1. The minimum Gasteiger partial charge on any atom is -0.546 e. The lowest BCUT2D eigenvalue weighted by Crippen LogP contribution is -2.54. The maximum absolute atomic E-state index is 11.6. The predicted octanol–water partition coefficient (Wildman–Crippen LogP) is -0.142. The molecule has 0 aromatic carbocycles. The number of carboxylic acids is 1. The van der Waals surface area contributed by atoms with Gasteiger partial charge in [0.05, 0.1) is 11.4 Å². The molecule has 0 radical (unpaired) electrons. The zero-order chi connectivity index (χ0) is 10.8. The summed E-state index contributed by atoms with van der Waals surface area (Å²) in [6.45, 7) is 5.30. The number of fused-ring (bicyclic) bond motifs is 2. The van der Waals surface area contributed by atoms with Gasteiger partial charge < -0.3 is 14.6 Å². The molecule has 4 nitrogen and oxygen atoms in total. The first-order valence-corrected chi connectivity index (χ1v) is 4.73. The lowest BCUT2D eigenvalue weighted by atomic mass is 9.66. The van der Waals surface area contributed by atoms with Gasteiger partial charge in [-0.3, -0.25) is 4.79 Å². The third-order valence-electron chi connectivity index (χ3n) is 4.41.